The molecule has 0 amide bonds. The summed E-state index contributed by atoms with van der Waals surface area (Å²) in [6.07, 6.45) is 2.55. The Balaban J connectivity index is 2.26. The maximum absolute atomic E-state index is 11.4. The van der Waals surface area contributed by atoms with E-state index in [1.807, 2.05) is 0 Å². The van der Waals surface area contributed by atoms with Crippen molar-refractivity contribution in [1.29, 1.82) is 0 Å². The first-order chi connectivity index (χ1) is 9.40. The smallest absolute Gasteiger partial charge is 0.239 e. The van der Waals surface area contributed by atoms with Crippen LogP contribution in [0.4, 0.5) is 17.5 Å². The van der Waals surface area contributed by atoms with Gasteiger partial charge in [0.05, 0.1) is 11.1 Å². The van der Waals surface area contributed by atoms with E-state index in [-0.39, 0.29) is 10.8 Å². The van der Waals surface area contributed by atoms with Crippen LogP contribution in [-0.2, 0) is 9.84 Å². The Morgan fingerprint density at radius 3 is 2.45 bits per heavy atom. The molecule has 0 saturated heterocycles. The van der Waals surface area contributed by atoms with E-state index < -0.39 is 9.84 Å². The van der Waals surface area contributed by atoms with Crippen LogP contribution in [-0.4, -0.2) is 24.6 Å². The quantitative estimate of drug-likeness (QED) is 0.580. The highest BCUT2D eigenvalue weighted by Crippen LogP contribution is 2.24. The number of hydrogen-bond donors (Lipinski definition) is 3. The standard InChI is InChI=1S/C11H12ClN5O2S/c1-20(18,19)8-4-2-7(3-5-8)15-10-9(12)6-14-11(16-10)17-13/h2-6H,13H2,1H3,(H2,14,15,16,17). The average Bonchev–Trinajstić information content (AvgIpc) is 2.41. The molecule has 4 N–H and O–H groups in total. The van der Waals surface area contributed by atoms with Crippen LogP contribution >= 0.6 is 11.6 Å². The van der Waals surface area contributed by atoms with Gasteiger partial charge in [0, 0.05) is 11.9 Å². The van der Waals surface area contributed by atoms with Gasteiger partial charge in [-0.25, -0.2) is 19.2 Å². The lowest BCUT2D eigenvalue weighted by atomic mass is 10.3. The van der Waals surface area contributed by atoms with E-state index in [4.69, 9.17) is 17.4 Å². The zero-order valence-corrected chi connectivity index (χ0v) is 12.0. The zero-order chi connectivity index (χ0) is 14.8. The minimum Gasteiger partial charge on any atom is -0.339 e. The van der Waals surface area contributed by atoms with Gasteiger partial charge in [0.25, 0.3) is 0 Å². The Kier molecular flexibility index (Phi) is 4.07. The van der Waals surface area contributed by atoms with Crippen LogP contribution in [0, 0.1) is 0 Å². The van der Waals surface area contributed by atoms with Gasteiger partial charge in [-0.05, 0) is 24.3 Å². The fraction of sp³-hybridized carbons (Fsp3) is 0.0909. The molecule has 1 aromatic heterocycles. The number of anilines is 3. The number of aromatic nitrogens is 2. The summed E-state index contributed by atoms with van der Waals surface area (Å²) in [6, 6.07) is 6.22. The maximum Gasteiger partial charge on any atom is 0.239 e. The fourth-order valence-corrected chi connectivity index (χ4v) is 2.22. The first kappa shape index (κ1) is 14.5. The van der Waals surface area contributed by atoms with Crippen molar-refractivity contribution in [1.82, 2.24) is 9.97 Å². The molecule has 0 fully saturated rings. The van der Waals surface area contributed by atoms with Gasteiger partial charge in [-0.2, -0.15) is 4.98 Å². The van der Waals surface area contributed by atoms with Crippen LogP contribution in [0.15, 0.2) is 35.4 Å². The fourth-order valence-electron chi connectivity index (χ4n) is 1.45. The number of hydrogen-bond acceptors (Lipinski definition) is 7. The second kappa shape index (κ2) is 5.61. The molecule has 0 spiro atoms. The highest BCUT2D eigenvalue weighted by Gasteiger charge is 2.08. The molecule has 20 heavy (non-hydrogen) atoms. The highest BCUT2D eigenvalue weighted by molar-refractivity contribution is 7.90. The predicted octanol–water partition coefficient (Wildman–Crippen LogP) is 1.56. The lowest BCUT2D eigenvalue weighted by molar-refractivity contribution is 0.602. The molecular weight excluding hydrogens is 302 g/mol. The summed E-state index contributed by atoms with van der Waals surface area (Å²) >= 11 is 5.95. The van der Waals surface area contributed by atoms with Gasteiger partial charge < -0.3 is 5.32 Å². The largest absolute Gasteiger partial charge is 0.339 e. The Labute approximate surface area is 121 Å². The first-order valence-corrected chi connectivity index (χ1v) is 7.73. The minimum atomic E-state index is -3.22. The predicted molar refractivity (Wildman–Crippen MR) is 77.7 cm³/mol. The van der Waals surface area contributed by atoms with Crippen LogP contribution in [0.2, 0.25) is 5.02 Å². The average molecular weight is 314 g/mol. The van der Waals surface area contributed by atoms with Crippen molar-refractivity contribution in [3.05, 3.63) is 35.5 Å². The van der Waals surface area contributed by atoms with E-state index in [0.29, 0.717) is 16.5 Å². The minimum absolute atomic E-state index is 0.213. The number of nitrogens with zero attached hydrogens (tertiary/aromatic N) is 2. The molecule has 0 radical (unpaired) electrons. The summed E-state index contributed by atoms with van der Waals surface area (Å²) < 4.78 is 22.7. The molecule has 0 aliphatic carbocycles. The van der Waals surface area contributed by atoms with Crippen molar-refractivity contribution in [3.63, 3.8) is 0 Å². The molecular formula is C11H12ClN5O2S. The molecule has 2 rings (SSSR count). The van der Waals surface area contributed by atoms with Gasteiger partial charge in [-0.15, -0.1) is 0 Å². The van der Waals surface area contributed by atoms with Gasteiger partial charge in [-0.1, -0.05) is 11.6 Å². The second-order valence-electron chi connectivity index (χ2n) is 3.96. The number of nitrogens with one attached hydrogen (secondary N) is 2. The van der Waals surface area contributed by atoms with E-state index in [2.05, 4.69) is 20.7 Å². The van der Waals surface area contributed by atoms with E-state index in [1.54, 1.807) is 12.1 Å². The Morgan fingerprint density at radius 1 is 1.25 bits per heavy atom. The van der Waals surface area contributed by atoms with Crippen molar-refractivity contribution in [3.8, 4) is 0 Å². The van der Waals surface area contributed by atoms with Gasteiger partial charge in [0.1, 0.15) is 5.02 Å². The molecule has 0 unspecified atom stereocenters. The highest BCUT2D eigenvalue weighted by atomic mass is 35.5. The van der Waals surface area contributed by atoms with Crippen molar-refractivity contribution >= 4 is 38.9 Å². The molecule has 7 nitrogen and oxygen atoms in total. The van der Waals surface area contributed by atoms with E-state index in [0.717, 1.165) is 6.26 Å². The van der Waals surface area contributed by atoms with Gasteiger partial charge in [-0.3, -0.25) is 5.43 Å². The second-order valence-corrected chi connectivity index (χ2v) is 6.38. The van der Waals surface area contributed by atoms with Crippen molar-refractivity contribution < 1.29 is 8.42 Å². The van der Waals surface area contributed by atoms with Crippen LogP contribution in [0.5, 0.6) is 0 Å². The third-order valence-corrected chi connectivity index (χ3v) is 3.82. The number of rotatable bonds is 4. The topological polar surface area (TPSA) is 110 Å². The number of hydrazine groups is 1. The van der Waals surface area contributed by atoms with Crippen LogP contribution in [0.1, 0.15) is 0 Å². The summed E-state index contributed by atoms with van der Waals surface area (Å²) in [4.78, 5) is 8.13. The molecule has 106 valence electrons. The maximum atomic E-state index is 11.4. The third kappa shape index (κ3) is 3.35. The van der Waals surface area contributed by atoms with Crippen LogP contribution in [0.25, 0.3) is 0 Å². The first-order valence-electron chi connectivity index (χ1n) is 5.46. The summed E-state index contributed by atoms with van der Waals surface area (Å²) in [5.74, 6) is 5.79. The van der Waals surface area contributed by atoms with Crippen LogP contribution < -0.4 is 16.6 Å². The molecule has 0 atom stereocenters. The van der Waals surface area contributed by atoms with Crippen molar-refractivity contribution in [2.45, 2.75) is 4.90 Å². The van der Waals surface area contributed by atoms with E-state index in [1.165, 1.54) is 18.3 Å². The summed E-state index contributed by atoms with van der Waals surface area (Å²) in [6.45, 7) is 0. The molecule has 1 heterocycles. The molecule has 0 bridgehead atoms. The molecule has 1 aromatic carbocycles. The molecule has 0 aliphatic rings. The Bertz CT molecular complexity index is 718. The zero-order valence-electron chi connectivity index (χ0n) is 10.5. The Hall–Kier alpha value is -1.90. The summed E-state index contributed by atoms with van der Waals surface area (Å²) in [5.41, 5.74) is 2.95. The van der Waals surface area contributed by atoms with E-state index >= 15 is 0 Å². The summed E-state index contributed by atoms with van der Waals surface area (Å²) in [5, 5.41) is 3.27. The molecule has 9 heteroatoms. The number of halogens is 1. The molecule has 0 aliphatic heterocycles. The summed E-state index contributed by atoms with van der Waals surface area (Å²) in [7, 11) is -3.22. The third-order valence-electron chi connectivity index (χ3n) is 2.42. The molecule has 0 saturated carbocycles. The number of nitrogens with two attached hydrogens (primary N) is 1. The normalized spacial score (nSPS) is 11.2. The number of benzene rings is 1. The van der Waals surface area contributed by atoms with Crippen LogP contribution in [0.3, 0.4) is 0 Å². The monoisotopic (exact) mass is 313 g/mol. The lowest BCUT2D eigenvalue weighted by Gasteiger charge is -2.09. The van der Waals surface area contributed by atoms with Crippen molar-refractivity contribution in [2.24, 2.45) is 5.84 Å². The van der Waals surface area contributed by atoms with Gasteiger partial charge >= 0.3 is 0 Å². The van der Waals surface area contributed by atoms with E-state index in [9.17, 15) is 8.42 Å². The Morgan fingerprint density at radius 2 is 1.90 bits per heavy atom. The molecule has 2 aromatic rings. The SMILES string of the molecule is CS(=O)(=O)c1ccc(Nc2nc(NN)ncc2Cl)cc1. The van der Waals surface area contributed by atoms with Gasteiger partial charge in [0.15, 0.2) is 15.7 Å². The van der Waals surface area contributed by atoms with Crippen molar-refractivity contribution in [2.75, 3.05) is 17.0 Å². The van der Waals surface area contributed by atoms with Gasteiger partial charge in [0.2, 0.25) is 5.95 Å². The lowest BCUT2D eigenvalue weighted by Crippen LogP contribution is -2.11. The number of nitrogen functional groups attached to an aromatic ring is 1. The number of sulfone groups is 1.